The van der Waals surface area contributed by atoms with E-state index in [1.165, 1.54) is 0 Å². The van der Waals surface area contributed by atoms with E-state index in [0.717, 1.165) is 31.6 Å². The maximum Gasteiger partial charge on any atom is 0.344 e. The first kappa shape index (κ1) is 20.1. The van der Waals surface area contributed by atoms with Gasteiger partial charge in [0.15, 0.2) is 24.7 Å². The number of nitrogens with zero attached hydrogens (tertiary/aromatic N) is 1. The second-order valence-corrected chi connectivity index (χ2v) is 6.75. The van der Waals surface area contributed by atoms with Gasteiger partial charge in [-0.05, 0) is 50.7 Å². The van der Waals surface area contributed by atoms with Crippen LogP contribution in [0.3, 0.4) is 0 Å². The van der Waals surface area contributed by atoms with Gasteiger partial charge in [0, 0.05) is 13.1 Å². The van der Waals surface area contributed by atoms with Crippen molar-refractivity contribution in [1.82, 2.24) is 4.90 Å². The molecule has 0 unspecified atom stereocenters. The zero-order valence-corrected chi connectivity index (χ0v) is 15.9. The summed E-state index contributed by atoms with van der Waals surface area (Å²) < 4.78 is 15.9. The van der Waals surface area contributed by atoms with Crippen molar-refractivity contribution in [3.63, 3.8) is 0 Å². The Labute approximate surface area is 155 Å². The summed E-state index contributed by atoms with van der Waals surface area (Å²) in [5, 5.41) is 0. The molecule has 1 aliphatic rings. The van der Waals surface area contributed by atoms with Gasteiger partial charge in [-0.15, -0.1) is 0 Å². The molecule has 1 aromatic rings. The number of para-hydroxylation sites is 2. The molecule has 0 aliphatic heterocycles. The quantitative estimate of drug-likeness (QED) is 0.664. The zero-order valence-electron chi connectivity index (χ0n) is 15.9. The molecule has 0 radical (unpaired) electrons. The Morgan fingerprint density at radius 3 is 2.27 bits per heavy atom. The fourth-order valence-corrected chi connectivity index (χ4v) is 3.10. The maximum atomic E-state index is 12.2. The van der Waals surface area contributed by atoms with E-state index in [0.29, 0.717) is 18.1 Å². The molecule has 0 aromatic heterocycles. The minimum absolute atomic E-state index is 0.174. The summed E-state index contributed by atoms with van der Waals surface area (Å²) in [5.41, 5.74) is 0. The highest BCUT2D eigenvalue weighted by molar-refractivity contribution is 5.81. The number of esters is 1. The van der Waals surface area contributed by atoms with Crippen molar-refractivity contribution in [1.29, 1.82) is 0 Å². The molecule has 2 rings (SSSR count). The number of carbonyl (C=O) groups is 2. The van der Waals surface area contributed by atoms with Gasteiger partial charge in [0.2, 0.25) is 0 Å². The summed E-state index contributed by atoms with van der Waals surface area (Å²) in [6.45, 7) is 4.11. The van der Waals surface area contributed by atoms with E-state index in [4.69, 9.17) is 14.2 Å². The standard InChI is InChI=1S/C20H29NO5/c1-4-24-17-7-5-6-8-18(17)25-14-20(23)26-13-19(22)21(3)16-11-9-15(2)10-12-16/h5-8,15-16H,4,9-14H2,1-3H3. The summed E-state index contributed by atoms with van der Waals surface area (Å²) in [5.74, 6) is 1.03. The van der Waals surface area contributed by atoms with Crippen molar-refractivity contribution < 1.29 is 23.8 Å². The number of hydrogen-bond acceptors (Lipinski definition) is 5. The number of carbonyl (C=O) groups excluding carboxylic acids is 2. The lowest BCUT2D eigenvalue weighted by atomic mass is 9.87. The molecule has 6 nitrogen and oxygen atoms in total. The fourth-order valence-electron chi connectivity index (χ4n) is 3.10. The zero-order chi connectivity index (χ0) is 18.9. The molecule has 1 amide bonds. The van der Waals surface area contributed by atoms with Crippen LogP contribution in [0.25, 0.3) is 0 Å². The van der Waals surface area contributed by atoms with Gasteiger partial charge in [-0.25, -0.2) is 4.79 Å². The maximum absolute atomic E-state index is 12.2. The van der Waals surface area contributed by atoms with Gasteiger partial charge in [-0.1, -0.05) is 19.1 Å². The van der Waals surface area contributed by atoms with Crippen LogP contribution >= 0.6 is 0 Å². The molecule has 0 bridgehead atoms. The molecule has 1 aromatic carbocycles. The van der Waals surface area contributed by atoms with E-state index < -0.39 is 5.97 Å². The van der Waals surface area contributed by atoms with Crippen LogP contribution in [0, 0.1) is 5.92 Å². The van der Waals surface area contributed by atoms with Gasteiger partial charge < -0.3 is 19.1 Å². The van der Waals surface area contributed by atoms with Crippen molar-refractivity contribution in [2.45, 2.75) is 45.6 Å². The smallest absolute Gasteiger partial charge is 0.344 e. The Bertz CT molecular complexity index is 596. The molecule has 0 N–H and O–H groups in total. The van der Waals surface area contributed by atoms with Gasteiger partial charge in [-0.2, -0.15) is 0 Å². The Hall–Kier alpha value is -2.24. The second kappa shape index (κ2) is 10.0. The van der Waals surface area contributed by atoms with Crippen LogP contribution in [0.15, 0.2) is 24.3 Å². The lowest BCUT2D eigenvalue weighted by Crippen LogP contribution is -2.41. The molecule has 6 heteroatoms. The molecular weight excluding hydrogens is 334 g/mol. The second-order valence-electron chi connectivity index (χ2n) is 6.75. The van der Waals surface area contributed by atoms with Gasteiger partial charge in [0.25, 0.3) is 5.91 Å². The molecular formula is C20H29NO5. The fraction of sp³-hybridized carbons (Fsp3) is 0.600. The van der Waals surface area contributed by atoms with Crippen molar-refractivity contribution in [2.24, 2.45) is 5.92 Å². The molecule has 0 atom stereocenters. The number of ether oxygens (including phenoxy) is 3. The highest BCUT2D eigenvalue weighted by atomic mass is 16.6. The number of hydrogen-bond donors (Lipinski definition) is 0. The van der Waals surface area contributed by atoms with E-state index in [-0.39, 0.29) is 25.2 Å². The minimum atomic E-state index is -0.574. The van der Waals surface area contributed by atoms with Gasteiger partial charge in [0.1, 0.15) is 0 Å². The van der Waals surface area contributed by atoms with Gasteiger partial charge in [0.05, 0.1) is 6.61 Å². The summed E-state index contributed by atoms with van der Waals surface area (Å²) in [4.78, 5) is 25.8. The van der Waals surface area contributed by atoms with E-state index in [2.05, 4.69) is 6.92 Å². The van der Waals surface area contributed by atoms with Crippen molar-refractivity contribution >= 4 is 11.9 Å². The Kier molecular flexibility index (Phi) is 7.75. The molecule has 1 saturated carbocycles. The average molecular weight is 363 g/mol. The summed E-state index contributed by atoms with van der Waals surface area (Å²) in [6.07, 6.45) is 4.29. The van der Waals surface area contributed by atoms with Crippen LogP contribution in [0.1, 0.15) is 39.5 Å². The van der Waals surface area contributed by atoms with Crippen molar-refractivity contribution in [3.8, 4) is 11.5 Å². The van der Waals surface area contributed by atoms with Gasteiger partial charge >= 0.3 is 5.97 Å². The number of amides is 1. The van der Waals surface area contributed by atoms with Crippen LogP contribution < -0.4 is 9.47 Å². The first-order chi connectivity index (χ1) is 12.5. The van der Waals surface area contributed by atoms with E-state index >= 15 is 0 Å². The third-order valence-electron chi connectivity index (χ3n) is 4.78. The third kappa shape index (κ3) is 5.93. The molecule has 0 heterocycles. The van der Waals surface area contributed by atoms with Crippen LogP contribution in [-0.4, -0.2) is 49.7 Å². The van der Waals surface area contributed by atoms with Crippen LogP contribution in [0.5, 0.6) is 11.5 Å². The SMILES string of the molecule is CCOc1ccccc1OCC(=O)OCC(=O)N(C)C1CCC(C)CC1. The molecule has 0 spiro atoms. The summed E-state index contributed by atoms with van der Waals surface area (Å²) in [7, 11) is 1.78. The van der Waals surface area contributed by atoms with E-state index in [1.54, 1.807) is 30.1 Å². The average Bonchev–Trinajstić information content (AvgIpc) is 2.65. The third-order valence-corrected chi connectivity index (χ3v) is 4.78. The first-order valence-electron chi connectivity index (χ1n) is 9.27. The Morgan fingerprint density at radius 1 is 1.04 bits per heavy atom. The summed E-state index contributed by atoms with van der Waals surface area (Å²) in [6, 6.07) is 7.37. The monoisotopic (exact) mass is 363 g/mol. The molecule has 26 heavy (non-hydrogen) atoms. The normalized spacial score (nSPS) is 19.5. The lowest BCUT2D eigenvalue weighted by Gasteiger charge is -2.33. The molecule has 0 saturated heterocycles. The highest BCUT2D eigenvalue weighted by Crippen LogP contribution is 2.27. The number of benzene rings is 1. The lowest BCUT2D eigenvalue weighted by molar-refractivity contribution is -0.154. The molecule has 144 valence electrons. The minimum Gasteiger partial charge on any atom is -0.490 e. The topological polar surface area (TPSA) is 65.1 Å². The van der Waals surface area contributed by atoms with Crippen molar-refractivity contribution in [2.75, 3.05) is 26.9 Å². The number of likely N-dealkylation sites (N-methyl/N-ethyl adjacent to an activating group) is 1. The van der Waals surface area contributed by atoms with Crippen LogP contribution in [-0.2, 0) is 14.3 Å². The predicted octanol–water partition coefficient (Wildman–Crippen LogP) is 3.04. The predicted molar refractivity (Wildman–Crippen MR) is 98.3 cm³/mol. The van der Waals surface area contributed by atoms with Crippen LogP contribution in [0.2, 0.25) is 0 Å². The van der Waals surface area contributed by atoms with E-state index in [1.807, 2.05) is 13.0 Å². The largest absolute Gasteiger partial charge is 0.490 e. The van der Waals surface area contributed by atoms with E-state index in [9.17, 15) is 9.59 Å². The molecule has 1 fully saturated rings. The van der Waals surface area contributed by atoms with Crippen molar-refractivity contribution in [3.05, 3.63) is 24.3 Å². The van der Waals surface area contributed by atoms with Crippen LogP contribution in [0.4, 0.5) is 0 Å². The Morgan fingerprint density at radius 2 is 1.65 bits per heavy atom. The number of rotatable bonds is 8. The Balaban J connectivity index is 1.73. The highest BCUT2D eigenvalue weighted by Gasteiger charge is 2.25. The summed E-state index contributed by atoms with van der Waals surface area (Å²) >= 11 is 0. The van der Waals surface area contributed by atoms with Gasteiger partial charge in [-0.3, -0.25) is 4.79 Å². The molecule has 1 aliphatic carbocycles. The first-order valence-corrected chi connectivity index (χ1v) is 9.27.